The molecule has 1 aromatic carbocycles. The minimum absolute atomic E-state index is 0.296. The van der Waals surface area contributed by atoms with Gasteiger partial charge in [0.05, 0.1) is 19.3 Å². The molecule has 0 aliphatic carbocycles. The minimum atomic E-state index is -0.296. The summed E-state index contributed by atoms with van der Waals surface area (Å²) in [6, 6.07) is 7.67. The van der Waals surface area contributed by atoms with Crippen molar-refractivity contribution in [3.8, 4) is 0 Å². The van der Waals surface area contributed by atoms with Crippen LogP contribution in [0.2, 0.25) is 0 Å². The molecule has 0 saturated carbocycles. The van der Waals surface area contributed by atoms with Gasteiger partial charge in [-0.2, -0.15) is 0 Å². The summed E-state index contributed by atoms with van der Waals surface area (Å²) in [6.07, 6.45) is 2.16. The van der Waals surface area contributed by atoms with E-state index in [1.165, 1.54) is 12.7 Å². The summed E-state index contributed by atoms with van der Waals surface area (Å²) in [5.41, 5.74) is 1.80. The van der Waals surface area contributed by atoms with Crippen molar-refractivity contribution in [3.63, 3.8) is 0 Å². The first-order valence-corrected chi connectivity index (χ1v) is 10.5. The number of esters is 1. The van der Waals surface area contributed by atoms with Gasteiger partial charge in [0.15, 0.2) is 5.16 Å². The zero-order chi connectivity index (χ0) is 19.9. The van der Waals surface area contributed by atoms with E-state index in [9.17, 15) is 4.79 Å². The van der Waals surface area contributed by atoms with E-state index >= 15 is 0 Å². The first kappa shape index (κ1) is 20.8. The lowest BCUT2D eigenvalue weighted by Crippen LogP contribution is -2.33. The fraction of sp³-hybridized carbons (Fsp3) is 0.550. The number of hydrogen-bond acceptors (Lipinski definition) is 7. The number of carbonyl (C=O) groups excluding carboxylic acids is 1. The van der Waals surface area contributed by atoms with E-state index in [-0.39, 0.29) is 5.97 Å². The lowest BCUT2D eigenvalue weighted by atomic mass is 9.95. The van der Waals surface area contributed by atoms with Crippen molar-refractivity contribution < 1.29 is 14.3 Å². The Kier molecular flexibility index (Phi) is 7.47. The summed E-state index contributed by atoms with van der Waals surface area (Å²) in [7, 11) is 5.17. The van der Waals surface area contributed by atoms with Gasteiger partial charge in [-0.1, -0.05) is 23.9 Å². The molecule has 1 fully saturated rings. The molecule has 8 heteroatoms. The molecule has 152 valence electrons. The highest BCUT2D eigenvalue weighted by molar-refractivity contribution is 7.99. The third-order valence-electron chi connectivity index (χ3n) is 5.12. The fourth-order valence-corrected chi connectivity index (χ4v) is 4.31. The maximum Gasteiger partial charge on any atom is 0.337 e. The molecule has 0 spiro atoms. The third kappa shape index (κ3) is 5.12. The Morgan fingerprint density at radius 2 is 1.89 bits per heavy atom. The maximum atomic E-state index is 11.5. The minimum Gasteiger partial charge on any atom is -0.465 e. The zero-order valence-corrected chi connectivity index (χ0v) is 17.6. The molecule has 0 amide bonds. The zero-order valence-electron chi connectivity index (χ0n) is 16.8. The van der Waals surface area contributed by atoms with Gasteiger partial charge in [-0.15, -0.1) is 10.2 Å². The lowest BCUT2D eigenvalue weighted by Gasteiger charge is -2.31. The summed E-state index contributed by atoms with van der Waals surface area (Å²) in [5.74, 6) is 2.13. The Balaban J connectivity index is 1.51. The SMILES string of the molecule is COCCSc1nnc(C2CCN(Cc3ccc(C(=O)OC)cc3)CC2)n1C. The standard InChI is InChI=1S/C20H28N4O3S/c1-23-18(21-22-20(23)28-13-12-26-2)16-8-10-24(11-9-16)14-15-4-6-17(7-5-15)19(25)27-3/h4-7,16H,8-14H2,1-3H3. The predicted octanol–water partition coefficient (Wildman–Crippen LogP) is 2.72. The van der Waals surface area contributed by atoms with Gasteiger partial charge in [0, 0.05) is 32.4 Å². The van der Waals surface area contributed by atoms with Crippen molar-refractivity contribution in [2.24, 2.45) is 7.05 Å². The molecular formula is C20H28N4O3S. The number of aromatic nitrogens is 3. The highest BCUT2D eigenvalue weighted by atomic mass is 32.2. The van der Waals surface area contributed by atoms with Crippen molar-refractivity contribution in [2.45, 2.75) is 30.5 Å². The number of methoxy groups -OCH3 is 2. The first-order valence-electron chi connectivity index (χ1n) is 9.53. The molecule has 0 radical (unpaired) electrons. The molecule has 1 aliphatic rings. The first-order chi connectivity index (χ1) is 13.6. The van der Waals surface area contributed by atoms with Crippen LogP contribution in [-0.4, -0.2) is 65.3 Å². The van der Waals surface area contributed by atoms with E-state index in [4.69, 9.17) is 9.47 Å². The third-order valence-corrected chi connectivity index (χ3v) is 6.11. The quantitative estimate of drug-likeness (QED) is 0.381. The van der Waals surface area contributed by atoms with Crippen LogP contribution in [0.1, 0.15) is 40.5 Å². The summed E-state index contributed by atoms with van der Waals surface area (Å²) in [5, 5.41) is 9.76. The van der Waals surface area contributed by atoms with Crippen LogP contribution in [0.25, 0.3) is 0 Å². The molecule has 0 N–H and O–H groups in total. The van der Waals surface area contributed by atoms with Crippen LogP contribution in [0.4, 0.5) is 0 Å². The summed E-state index contributed by atoms with van der Waals surface area (Å²) in [6.45, 7) is 3.67. The van der Waals surface area contributed by atoms with Crippen LogP contribution in [0, 0.1) is 0 Å². The van der Waals surface area contributed by atoms with E-state index < -0.39 is 0 Å². The van der Waals surface area contributed by atoms with E-state index in [0.29, 0.717) is 18.1 Å². The van der Waals surface area contributed by atoms with E-state index in [2.05, 4.69) is 26.7 Å². The second-order valence-electron chi connectivity index (χ2n) is 6.98. The number of hydrogen-bond donors (Lipinski definition) is 0. The topological polar surface area (TPSA) is 69.5 Å². The molecule has 1 aliphatic heterocycles. The molecule has 1 aromatic heterocycles. The van der Waals surface area contributed by atoms with Gasteiger partial charge in [0.25, 0.3) is 0 Å². The number of thioether (sulfide) groups is 1. The summed E-state index contributed by atoms with van der Waals surface area (Å²) < 4.78 is 12.0. The van der Waals surface area contributed by atoms with Gasteiger partial charge in [-0.3, -0.25) is 4.90 Å². The van der Waals surface area contributed by atoms with Crippen LogP contribution in [0.3, 0.4) is 0 Å². The van der Waals surface area contributed by atoms with Crippen molar-refractivity contribution in [1.29, 1.82) is 0 Å². The average Bonchev–Trinajstić information content (AvgIpc) is 3.09. The molecule has 0 atom stereocenters. The van der Waals surface area contributed by atoms with Crippen LogP contribution >= 0.6 is 11.8 Å². The number of nitrogens with zero attached hydrogens (tertiary/aromatic N) is 4. The number of likely N-dealkylation sites (tertiary alicyclic amines) is 1. The molecule has 2 aromatic rings. The summed E-state index contributed by atoms with van der Waals surface area (Å²) >= 11 is 1.68. The highest BCUT2D eigenvalue weighted by Gasteiger charge is 2.25. The van der Waals surface area contributed by atoms with E-state index in [1.807, 2.05) is 24.3 Å². The number of piperidine rings is 1. The predicted molar refractivity (Wildman–Crippen MR) is 109 cm³/mol. The Labute approximate surface area is 170 Å². The highest BCUT2D eigenvalue weighted by Crippen LogP contribution is 2.29. The maximum absolute atomic E-state index is 11.5. The van der Waals surface area contributed by atoms with Crippen LogP contribution in [0.5, 0.6) is 0 Å². The molecule has 7 nitrogen and oxygen atoms in total. The Morgan fingerprint density at radius 3 is 2.54 bits per heavy atom. The monoisotopic (exact) mass is 404 g/mol. The Morgan fingerprint density at radius 1 is 1.18 bits per heavy atom. The normalized spacial score (nSPS) is 15.7. The number of ether oxygens (including phenoxy) is 2. The van der Waals surface area contributed by atoms with Crippen LogP contribution < -0.4 is 0 Å². The van der Waals surface area contributed by atoms with Crippen molar-refractivity contribution in [2.75, 3.05) is 39.7 Å². The summed E-state index contributed by atoms with van der Waals surface area (Å²) in [4.78, 5) is 14.0. The molecule has 1 saturated heterocycles. The van der Waals surface area contributed by atoms with Gasteiger partial charge >= 0.3 is 5.97 Å². The second-order valence-corrected chi connectivity index (χ2v) is 8.04. The van der Waals surface area contributed by atoms with Gasteiger partial charge in [0.2, 0.25) is 0 Å². The smallest absolute Gasteiger partial charge is 0.337 e. The largest absolute Gasteiger partial charge is 0.465 e. The number of benzene rings is 1. The van der Waals surface area contributed by atoms with Gasteiger partial charge in [-0.05, 0) is 43.6 Å². The number of carbonyl (C=O) groups is 1. The second kappa shape index (κ2) is 10.0. The van der Waals surface area contributed by atoms with Crippen molar-refractivity contribution >= 4 is 17.7 Å². The van der Waals surface area contributed by atoms with Crippen molar-refractivity contribution in [3.05, 3.63) is 41.2 Å². The molecule has 0 bridgehead atoms. The van der Waals surface area contributed by atoms with Crippen molar-refractivity contribution in [1.82, 2.24) is 19.7 Å². The Bertz CT molecular complexity index is 770. The molecule has 2 heterocycles. The fourth-order valence-electron chi connectivity index (χ4n) is 3.50. The average molecular weight is 405 g/mol. The lowest BCUT2D eigenvalue weighted by molar-refractivity contribution is 0.0600. The molecule has 3 rings (SSSR count). The van der Waals surface area contributed by atoms with Gasteiger partial charge in [0.1, 0.15) is 5.82 Å². The molecular weight excluding hydrogens is 376 g/mol. The molecule has 28 heavy (non-hydrogen) atoms. The van der Waals surface area contributed by atoms with Crippen LogP contribution in [-0.2, 0) is 23.1 Å². The van der Waals surface area contributed by atoms with E-state index in [0.717, 1.165) is 49.2 Å². The molecule has 0 unspecified atom stereocenters. The van der Waals surface area contributed by atoms with Crippen LogP contribution in [0.15, 0.2) is 29.4 Å². The Hall–Kier alpha value is -1.90. The number of rotatable bonds is 8. The van der Waals surface area contributed by atoms with Gasteiger partial charge < -0.3 is 14.0 Å². The van der Waals surface area contributed by atoms with E-state index in [1.54, 1.807) is 18.9 Å². The van der Waals surface area contributed by atoms with Gasteiger partial charge in [-0.25, -0.2) is 4.79 Å².